The van der Waals surface area contributed by atoms with E-state index in [1.165, 1.54) is 22.3 Å². The van der Waals surface area contributed by atoms with Crippen LogP contribution >= 0.6 is 0 Å². The van der Waals surface area contributed by atoms with E-state index in [1.807, 2.05) is 0 Å². The van der Waals surface area contributed by atoms with Gasteiger partial charge >= 0.3 is 158 Å². The number of allylic oxidation sites excluding steroid dienone is 4. The molecule has 24 heavy (non-hydrogen) atoms. The summed E-state index contributed by atoms with van der Waals surface area (Å²) in [6, 6.07) is 15.9. The van der Waals surface area contributed by atoms with Crippen LogP contribution in [0, 0.1) is 11.3 Å². The van der Waals surface area contributed by atoms with Gasteiger partial charge in [-0.15, -0.1) is 0 Å². The van der Waals surface area contributed by atoms with Crippen LogP contribution in [0.25, 0.3) is 11.1 Å². The van der Waals surface area contributed by atoms with E-state index in [1.54, 1.807) is 12.1 Å². The van der Waals surface area contributed by atoms with Crippen LogP contribution in [0.2, 0.25) is 0 Å². The third-order valence-electron chi connectivity index (χ3n) is 5.23. The molecule has 0 saturated carbocycles. The van der Waals surface area contributed by atoms with E-state index < -0.39 is 23.2 Å². The van der Waals surface area contributed by atoms with Crippen LogP contribution in [-0.2, 0) is 29.7 Å². The molecule has 0 fully saturated rings. The quantitative estimate of drug-likeness (QED) is 0.543. The Labute approximate surface area is 157 Å². The van der Waals surface area contributed by atoms with Gasteiger partial charge < -0.3 is 0 Å². The van der Waals surface area contributed by atoms with Gasteiger partial charge in [-0.05, 0) is 0 Å². The van der Waals surface area contributed by atoms with Crippen LogP contribution in [-0.4, -0.2) is 0 Å². The molecule has 1 heteroatoms. The Hall–Kier alpha value is -1.20. The second kappa shape index (κ2) is 5.96. The molecule has 0 heterocycles. The van der Waals surface area contributed by atoms with E-state index >= 15 is 0 Å². The fraction of sp³-hybridized carbons (Fsp3) is 0.304. The summed E-state index contributed by atoms with van der Waals surface area (Å²) in [6.07, 6.45) is 6.15. The van der Waals surface area contributed by atoms with Crippen molar-refractivity contribution < 1.29 is 23.2 Å². The number of rotatable bonds is 2. The van der Waals surface area contributed by atoms with Crippen molar-refractivity contribution >= 4 is 3.27 Å². The molecule has 2 aromatic carbocycles. The Morgan fingerprint density at radius 2 is 1.71 bits per heavy atom. The van der Waals surface area contributed by atoms with Crippen molar-refractivity contribution in [1.82, 2.24) is 0 Å². The van der Waals surface area contributed by atoms with Crippen molar-refractivity contribution in [2.75, 3.05) is 0 Å². The molecule has 2 aliphatic carbocycles. The van der Waals surface area contributed by atoms with Crippen LogP contribution in [0.15, 0.2) is 63.5 Å². The van der Waals surface area contributed by atoms with Crippen molar-refractivity contribution in [3.8, 4) is 11.1 Å². The zero-order valence-electron chi connectivity index (χ0n) is 15.0. The van der Waals surface area contributed by atoms with E-state index in [0.717, 1.165) is 6.42 Å². The molecular weight excluding hydrogens is 367 g/mol. The topological polar surface area (TPSA) is 0 Å². The van der Waals surface area contributed by atoms with Gasteiger partial charge in [0.25, 0.3) is 0 Å². The first-order valence-corrected chi connectivity index (χ1v) is 11.3. The van der Waals surface area contributed by atoms with Crippen LogP contribution in [0.5, 0.6) is 0 Å². The van der Waals surface area contributed by atoms with Crippen LogP contribution in [0.3, 0.4) is 0 Å². The molecule has 1 unspecified atom stereocenters. The van der Waals surface area contributed by atoms with Gasteiger partial charge in [0, 0.05) is 0 Å². The molecule has 0 aromatic heterocycles. The SMILES string of the molecule is CC1C=C(C(C)(C)C)C=[C]1[Zr][c]1cccc2c1Cc1ccccc1-2. The Balaban J connectivity index is 1.67. The molecule has 0 saturated heterocycles. The Kier molecular flexibility index (Phi) is 4.04. The number of hydrogen-bond donors (Lipinski definition) is 0. The van der Waals surface area contributed by atoms with Gasteiger partial charge in [0.2, 0.25) is 0 Å². The van der Waals surface area contributed by atoms with Crippen LogP contribution in [0.1, 0.15) is 38.8 Å². The van der Waals surface area contributed by atoms with E-state index in [-0.39, 0.29) is 5.41 Å². The van der Waals surface area contributed by atoms with Gasteiger partial charge in [0.1, 0.15) is 0 Å². The first-order chi connectivity index (χ1) is 11.4. The summed E-state index contributed by atoms with van der Waals surface area (Å²) in [7, 11) is 0. The van der Waals surface area contributed by atoms with Crippen molar-refractivity contribution in [2.45, 2.75) is 34.1 Å². The first-order valence-electron chi connectivity index (χ1n) is 8.84. The average Bonchev–Trinajstić information content (AvgIpc) is 3.09. The summed E-state index contributed by atoms with van der Waals surface area (Å²) in [5, 5.41) is 0. The fourth-order valence-electron chi connectivity index (χ4n) is 3.75. The summed E-state index contributed by atoms with van der Waals surface area (Å²) >= 11 is -0.730. The van der Waals surface area contributed by atoms with Crippen molar-refractivity contribution in [2.24, 2.45) is 11.3 Å². The second-order valence-electron chi connectivity index (χ2n) is 8.05. The number of benzene rings is 2. The molecule has 120 valence electrons. The number of fused-ring (bicyclic) bond motifs is 3. The minimum absolute atomic E-state index is 0.268. The third kappa shape index (κ3) is 2.82. The van der Waals surface area contributed by atoms with Crippen LogP contribution < -0.4 is 3.27 Å². The molecule has 2 aliphatic rings. The van der Waals surface area contributed by atoms with Gasteiger partial charge in [0.05, 0.1) is 0 Å². The summed E-state index contributed by atoms with van der Waals surface area (Å²) in [6.45, 7) is 9.36. The molecular formula is C23H24Zr. The summed E-state index contributed by atoms with van der Waals surface area (Å²) in [4.78, 5) is 0. The molecule has 0 radical (unpaired) electrons. The molecule has 1 atom stereocenters. The van der Waals surface area contributed by atoms with E-state index in [9.17, 15) is 0 Å². The fourth-order valence-corrected chi connectivity index (χ4v) is 7.20. The molecule has 4 rings (SSSR count). The second-order valence-corrected chi connectivity index (χ2v) is 11.4. The maximum atomic E-state index is 2.53. The Morgan fingerprint density at radius 1 is 0.958 bits per heavy atom. The van der Waals surface area contributed by atoms with Gasteiger partial charge in [-0.3, -0.25) is 0 Å². The number of hydrogen-bond acceptors (Lipinski definition) is 0. The third-order valence-corrected chi connectivity index (χ3v) is 9.22. The summed E-state index contributed by atoms with van der Waals surface area (Å²) in [5.41, 5.74) is 7.85. The standard InChI is InChI=1S/C13H9.C10H15.Zr/c1-3-7-12-10(5-1)9-11-6-2-4-8-13(11)12;1-8-5-6-9(7-8)10(2,3)4;/h1-5,7-8H,9H2;6-8H,1-4H3;. The minimum atomic E-state index is -0.730. The van der Waals surface area contributed by atoms with Gasteiger partial charge in [-0.25, -0.2) is 0 Å². The molecule has 0 aliphatic heterocycles. The first kappa shape index (κ1) is 16.3. The van der Waals surface area contributed by atoms with Crippen molar-refractivity contribution in [1.29, 1.82) is 0 Å². The molecule has 0 N–H and O–H groups in total. The van der Waals surface area contributed by atoms with Gasteiger partial charge in [-0.2, -0.15) is 0 Å². The monoisotopic (exact) mass is 390 g/mol. The van der Waals surface area contributed by atoms with Crippen LogP contribution in [0.4, 0.5) is 0 Å². The molecule has 0 spiro atoms. The predicted octanol–water partition coefficient (Wildman–Crippen LogP) is 5.47. The Bertz CT molecular complexity index is 862. The molecule has 0 nitrogen and oxygen atoms in total. The zero-order chi connectivity index (χ0) is 16.9. The Morgan fingerprint density at radius 3 is 2.46 bits per heavy atom. The average molecular weight is 392 g/mol. The van der Waals surface area contributed by atoms with Crippen molar-refractivity contribution in [3.63, 3.8) is 0 Å². The summed E-state index contributed by atoms with van der Waals surface area (Å²) < 4.78 is 3.40. The molecule has 0 amide bonds. The zero-order valence-corrected chi connectivity index (χ0v) is 17.4. The molecule has 0 bridgehead atoms. The maximum absolute atomic E-state index is 2.53. The van der Waals surface area contributed by atoms with E-state index in [2.05, 4.69) is 82.3 Å². The normalized spacial score (nSPS) is 18.8. The van der Waals surface area contributed by atoms with Gasteiger partial charge in [0.15, 0.2) is 0 Å². The molecule has 2 aromatic rings. The van der Waals surface area contributed by atoms with Crippen molar-refractivity contribution in [3.05, 3.63) is 74.6 Å². The predicted molar refractivity (Wildman–Crippen MR) is 99.1 cm³/mol. The van der Waals surface area contributed by atoms with Gasteiger partial charge in [-0.1, -0.05) is 0 Å². The van der Waals surface area contributed by atoms with E-state index in [4.69, 9.17) is 0 Å². The van der Waals surface area contributed by atoms with E-state index in [0.29, 0.717) is 5.92 Å². The summed E-state index contributed by atoms with van der Waals surface area (Å²) in [5.74, 6) is 0.630.